The highest BCUT2D eigenvalue weighted by atomic mass is 79.9. The number of ether oxygens (including phenoxy) is 2. The Labute approximate surface area is 134 Å². The van der Waals surface area contributed by atoms with E-state index in [0.29, 0.717) is 17.4 Å². The number of non-ortho nitro benzene ring substituents is 1. The zero-order valence-corrected chi connectivity index (χ0v) is 13.3. The Morgan fingerprint density at radius 2 is 2.00 bits per heavy atom. The summed E-state index contributed by atoms with van der Waals surface area (Å²) in [5, 5.41) is 10.8. The molecule has 0 heterocycles. The fraction of sp³-hybridized carbons (Fsp3) is 0.143. The molecule has 7 heteroatoms. The molecule has 0 aromatic heterocycles. The normalized spacial score (nSPS) is 10.2. The topological polar surface area (TPSA) is 61.6 Å². The van der Waals surface area contributed by atoms with E-state index in [1.165, 1.54) is 25.3 Å². The molecule has 2 aromatic rings. The molecule has 0 aliphatic carbocycles. The maximum absolute atomic E-state index is 10.8. The number of alkyl halides is 1. The van der Waals surface area contributed by atoms with E-state index in [2.05, 4.69) is 15.9 Å². The van der Waals surface area contributed by atoms with Gasteiger partial charge in [-0.25, -0.2) is 0 Å². The molecule has 110 valence electrons. The van der Waals surface area contributed by atoms with Gasteiger partial charge in [-0.2, -0.15) is 0 Å². The minimum absolute atomic E-state index is 0.0674. The molecule has 0 aliphatic heterocycles. The van der Waals surface area contributed by atoms with Gasteiger partial charge in [0.25, 0.3) is 5.69 Å². The van der Waals surface area contributed by atoms with Gasteiger partial charge in [0, 0.05) is 16.4 Å². The van der Waals surface area contributed by atoms with Gasteiger partial charge in [0.1, 0.15) is 5.75 Å². The zero-order chi connectivity index (χ0) is 15.4. The van der Waals surface area contributed by atoms with Crippen molar-refractivity contribution < 1.29 is 14.4 Å². The SMILES string of the molecule is COc1ccc([N+](=O)[O-])cc1Oc1ccc(CCl)c(Br)c1. The van der Waals surface area contributed by atoms with Crippen LogP contribution in [0.2, 0.25) is 0 Å². The molecular weight excluding hydrogens is 362 g/mol. The lowest BCUT2D eigenvalue weighted by molar-refractivity contribution is -0.384. The first-order valence-corrected chi connectivity index (χ1v) is 7.22. The van der Waals surface area contributed by atoms with Crippen LogP contribution in [0.1, 0.15) is 5.56 Å². The molecule has 0 spiro atoms. The molecule has 0 atom stereocenters. The second-order valence-electron chi connectivity index (χ2n) is 4.08. The van der Waals surface area contributed by atoms with Crippen molar-refractivity contribution in [3.05, 3.63) is 56.5 Å². The van der Waals surface area contributed by atoms with Crippen LogP contribution in [0.4, 0.5) is 5.69 Å². The van der Waals surface area contributed by atoms with Gasteiger partial charge in [0.05, 0.1) is 18.1 Å². The van der Waals surface area contributed by atoms with E-state index in [-0.39, 0.29) is 11.4 Å². The Morgan fingerprint density at radius 3 is 2.57 bits per heavy atom. The minimum atomic E-state index is -0.487. The maximum Gasteiger partial charge on any atom is 0.273 e. The van der Waals surface area contributed by atoms with Crippen LogP contribution in [0.5, 0.6) is 17.2 Å². The van der Waals surface area contributed by atoms with Crippen LogP contribution in [-0.2, 0) is 5.88 Å². The van der Waals surface area contributed by atoms with Crippen LogP contribution in [0, 0.1) is 10.1 Å². The quantitative estimate of drug-likeness (QED) is 0.425. The van der Waals surface area contributed by atoms with E-state index in [4.69, 9.17) is 21.1 Å². The van der Waals surface area contributed by atoms with Crippen LogP contribution < -0.4 is 9.47 Å². The summed E-state index contributed by atoms with van der Waals surface area (Å²) in [6.45, 7) is 0. The van der Waals surface area contributed by atoms with Crippen LogP contribution in [0.3, 0.4) is 0 Å². The predicted molar refractivity (Wildman–Crippen MR) is 83.4 cm³/mol. The van der Waals surface area contributed by atoms with Crippen molar-refractivity contribution in [3.8, 4) is 17.2 Å². The molecule has 0 N–H and O–H groups in total. The third kappa shape index (κ3) is 3.65. The van der Waals surface area contributed by atoms with Crippen LogP contribution >= 0.6 is 27.5 Å². The van der Waals surface area contributed by atoms with Crippen LogP contribution in [-0.4, -0.2) is 12.0 Å². The number of methoxy groups -OCH3 is 1. The Hall–Kier alpha value is -1.79. The van der Waals surface area contributed by atoms with E-state index in [1.807, 2.05) is 6.07 Å². The van der Waals surface area contributed by atoms with E-state index in [9.17, 15) is 10.1 Å². The predicted octanol–water partition coefficient (Wildman–Crippen LogP) is 4.90. The number of nitro benzene ring substituents is 1. The number of nitrogens with zero attached hydrogens (tertiary/aromatic N) is 1. The highest BCUT2D eigenvalue weighted by Crippen LogP contribution is 2.36. The number of rotatable bonds is 5. The molecule has 0 saturated carbocycles. The van der Waals surface area contributed by atoms with Gasteiger partial charge in [0.2, 0.25) is 0 Å². The van der Waals surface area contributed by atoms with Crippen molar-refractivity contribution in [2.24, 2.45) is 0 Å². The lowest BCUT2D eigenvalue weighted by Crippen LogP contribution is -1.94. The van der Waals surface area contributed by atoms with E-state index >= 15 is 0 Å². The van der Waals surface area contributed by atoms with Gasteiger partial charge in [0.15, 0.2) is 11.5 Å². The van der Waals surface area contributed by atoms with Crippen molar-refractivity contribution >= 4 is 33.2 Å². The molecule has 0 fully saturated rings. The van der Waals surface area contributed by atoms with E-state index < -0.39 is 4.92 Å². The summed E-state index contributed by atoms with van der Waals surface area (Å²) in [6, 6.07) is 9.48. The number of benzene rings is 2. The molecule has 2 rings (SSSR count). The number of hydrogen-bond acceptors (Lipinski definition) is 4. The summed E-state index contributed by atoms with van der Waals surface area (Å²) >= 11 is 9.17. The molecule has 0 aliphatic rings. The van der Waals surface area contributed by atoms with E-state index in [1.54, 1.807) is 12.1 Å². The lowest BCUT2D eigenvalue weighted by Gasteiger charge is -2.11. The summed E-state index contributed by atoms with van der Waals surface area (Å²) in [4.78, 5) is 10.3. The van der Waals surface area contributed by atoms with Gasteiger partial charge < -0.3 is 9.47 Å². The van der Waals surface area contributed by atoms with Crippen LogP contribution in [0.25, 0.3) is 0 Å². The highest BCUT2D eigenvalue weighted by Gasteiger charge is 2.13. The fourth-order valence-electron chi connectivity index (χ4n) is 1.69. The fourth-order valence-corrected chi connectivity index (χ4v) is 2.58. The summed E-state index contributed by atoms with van der Waals surface area (Å²) in [5.74, 6) is 1.59. The largest absolute Gasteiger partial charge is 0.493 e. The van der Waals surface area contributed by atoms with E-state index in [0.717, 1.165) is 10.0 Å². The Balaban J connectivity index is 2.35. The monoisotopic (exact) mass is 371 g/mol. The summed E-state index contributed by atoms with van der Waals surface area (Å²) in [7, 11) is 1.47. The molecule has 0 bridgehead atoms. The average molecular weight is 373 g/mol. The summed E-state index contributed by atoms with van der Waals surface area (Å²) in [6.07, 6.45) is 0. The van der Waals surface area contributed by atoms with Crippen molar-refractivity contribution in [2.75, 3.05) is 7.11 Å². The molecule has 0 saturated heterocycles. The van der Waals surface area contributed by atoms with Gasteiger partial charge in [-0.1, -0.05) is 22.0 Å². The number of nitro groups is 1. The van der Waals surface area contributed by atoms with Crippen molar-refractivity contribution in [1.29, 1.82) is 0 Å². The number of halogens is 2. The third-order valence-corrected chi connectivity index (χ3v) is 3.78. The zero-order valence-electron chi connectivity index (χ0n) is 11.0. The van der Waals surface area contributed by atoms with Crippen molar-refractivity contribution in [1.82, 2.24) is 0 Å². The molecule has 0 unspecified atom stereocenters. The second-order valence-corrected chi connectivity index (χ2v) is 5.20. The molecule has 0 amide bonds. The van der Waals surface area contributed by atoms with Gasteiger partial charge >= 0.3 is 0 Å². The Bertz CT molecular complexity index is 678. The van der Waals surface area contributed by atoms with Crippen molar-refractivity contribution in [2.45, 2.75) is 5.88 Å². The Morgan fingerprint density at radius 1 is 1.24 bits per heavy atom. The molecule has 21 heavy (non-hydrogen) atoms. The average Bonchev–Trinajstić information content (AvgIpc) is 2.47. The first-order valence-electron chi connectivity index (χ1n) is 5.90. The number of hydrogen-bond donors (Lipinski definition) is 0. The lowest BCUT2D eigenvalue weighted by atomic mass is 10.2. The van der Waals surface area contributed by atoms with Crippen molar-refractivity contribution in [3.63, 3.8) is 0 Å². The summed E-state index contributed by atoms with van der Waals surface area (Å²) < 4.78 is 11.6. The summed E-state index contributed by atoms with van der Waals surface area (Å²) in [5.41, 5.74) is 0.859. The smallest absolute Gasteiger partial charge is 0.273 e. The van der Waals surface area contributed by atoms with Gasteiger partial charge in [-0.05, 0) is 23.8 Å². The molecule has 5 nitrogen and oxygen atoms in total. The Kier molecular flexibility index (Phi) is 5.03. The highest BCUT2D eigenvalue weighted by molar-refractivity contribution is 9.10. The molecule has 0 radical (unpaired) electrons. The van der Waals surface area contributed by atoms with Crippen LogP contribution in [0.15, 0.2) is 40.9 Å². The third-order valence-electron chi connectivity index (χ3n) is 2.75. The first kappa shape index (κ1) is 15.6. The van der Waals surface area contributed by atoms with Gasteiger partial charge in [-0.3, -0.25) is 10.1 Å². The minimum Gasteiger partial charge on any atom is -0.493 e. The first-order chi connectivity index (χ1) is 10.0. The standard InChI is InChI=1S/C14H11BrClNO4/c1-20-13-5-3-10(17(18)19)6-14(13)21-11-4-2-9(8-16)12(15)7-11/h2-7H,8H2,1H3. The maximum atomic E-state index is 10.8. The second kappa shape index (κ2) is 6.78. The molecule has 2 aromatic carbocycles. The molecular formula is C14H11BrClNO4. The van der Waals surface area contributed by atoms with Gasteiger partial charge in [-0.15, -0.1) is 11.6 Å².